The van der Waals surface area contributed by atoms with Crippen LogP contribution in [0.25, 0.3) is 0 Å². The highest BCUT2D eigenvalue weighted by molar-refractivity contribution is 5.31. The van der Waals surface area contributed by atoms with Crippen molar-refractivity contribution in [2.24, 2.45) is 5.73 Å². The van der Waals surface area contributed by atoms with Crippen LogP contribution in [0.15, 0.2) is 35.0 Å². The number of methoxy groups -OCH3 is 1. The van der Waals surface area contributed by atoms with Gasteiger partial charge in [-0.15, -0.1) is 0 Å². The Morgan fingerprint density at radius 1 is 1.44 bits per heavy atom. The minimum atomic E-state index is 0.447. The van der Waals surface area contributed by atoms with Gasteiger partial charge in [0, 0.05) is 18.5 Å². The van der Waals surface area contributed by atoms with E-state index in [1.54, 1.807) is 13.3 Å². The molecule has 0 amide bonds. The van der Waals surface area contributed by atoms with Crippen molar-refractivity contribution in [3.63, 3.8) is 0 Å². The lowest BCUT2D eigenvalue weighted by Gasteiger charge is -2.03. The van der Waals surface area contributed by atoms with Crippen molar-refractivity contribution in [3.8, 4) is 5.75 Å². The summed E-state index contributed by atoms with van der Waals surface area (Å²) >= 11 is 0. The summed E-state index contributed by atoms with van der Waals surface area (Å²) < 4.78 is 10.3. The molecule has 1 aromatic heterocycles. The SMILES string of the molecule is COc1cccc(Cc2oncc2CN)c1. The molecule has 0 saturated heterocycles. The van der Waals surface area contributed by atoms with E-state index in [4.69, 9.17) is 15.0 Å². The normalized spacial score (nSPS) is 10.4. The maximum Gasteiger partial charge on any atom is 0.145 e. The topological polar surface area (TPSA) is 61.3 Å². The van der Waals surface area contributed by atoms with Crippen LogP contribution in [0.5, 0.6) is 5.75 Å². The Morgan fingerprint density at radius 3 is 3.06 bits per heavy atom. The predicted molar refractivity (Wildman–Crippen MR) is 60.2 cm³/mol. The summed E-state index contributed by atoms with van der Waals surface area (Å²) in [6.07, 6.45) is 2.35. The van der Waals surface area contributed by atoms with Crippen LogP contribution in [-0.4, -0.2) is 12.3 Å². The number of nitrogens with zero attached hydrogens (tertiary/aromatic N) is 1. The van der Waals surface area contributed by atoms with Crippen LogP contribution in [0.4, 0.5) is 0 Å². The average Bonchev–Trinajstić information content (AvgIpc) is 2.76. The van der Waals surface area contributed by atoms with E-state index in [0.29, 0.717) is 13.0 Å². The highest BCUT2D eigenvalue weighted by Gasteiger charge is 2.07. The summed E-state index contributed by atoms with van der Waals surface area (Å²) in [6, 6.07) is 7.86. The lowest BCUT2D eigenvalue weighted by Crippen LogP contribution is -1.99. The second-order valence-electron chi connectivity index (χ2n) is 3.51. The van der Waals surface area contributed by atoms with Crippen LogP contribution in [0, 0.1) is 0 Å². The molecule has 1 aromatic carbocycles. The smallest absolute Gasteiger partial charge is 0.145 e. The molecule has 0 bridgehead atoms. The molecule has 0 aliphatic rings. The van der Waals surface area contributed by atoms with E-state index >= 15 is 0 Å². The minimum absolute atomic E-state index is 0.447. The minimum Gasteiger partial charge on any atom is -0.497 e. The fraction of sp³-hybridized carbons (Fsp3) is 0.250. The molecule has 0 radical (unpaired) electrons. The molecule has 1 heterocycles. The molecule has 2 aromatic rings. The molecule has 0 fully saturated rings. The highest BCUT2D eigenvalue weighted by Crippen LogP contribution is 2.17. The van der Waals surface area contributed by atoms with E-state index in [0.717, 1.165) is 22.6 Å². The zero-order valence-corrected chi connectivity index (χ0v) is 9.14. The van der Waals surface area contributed by atoms with Crippen molar-refractivity contribution < 1.29 is 9.26 Å². The Balaban J connectivity index is 2.20. The molecule has 0 unspecified atom stereocenters. The van der Waals surface area contributed by atoms with Gasteiger partial charge in [0.2, 0.25) is 0 Å². The Bertz CT molecular complexity index is 466. The maximum absolute atomic E-state index is 5.58. The first-order chi connectivity index (χ1) is 7.83. The fourth-order valence-electron chi connectivity index (χ4n) is 1.56. The summed E-state index contributed by atoms with van der Waals surface area (Å²) in [5, 5.41) is 3.75. The van der Waals surface area contributed by atoms with E-state index < -0.39 is 0 Å². The zero-order chi connectivity index (χ0) is 11.4. The van der Waals surface area contributed by atoms with Crippen molar-refractivity contribution in [1.82, 2.24) is 5.16 Å². The van der Waals surface area contributed by atoms with Crippen molar-refractivity contribution >= 4 is 0 Å². The third kappa shape index (κ3) is 2.23. The standard InChI is InChI=1S/C12H14N2O2/c1-15-11-4-2-3-9(5-11)6-12-10(7-13)8-14-16-12/h2-5,8H,6-7,13H2,1H3. The molecule has 0 aliphatic heterocycles. The number of benzene rings is 1. The monoisotopic (exact) mass is 218 g/mol. The fourth-order valence-corrected chi connectivity index (χ4v) is 1.56. The first-order valence-electron chi connectivity index (χ1n) is 5.09. The number of nitrogens with two attached hydrogens (primary N) is 1. The lowest BCUT2D eigenvalue weighted by atomic mass is 10.1. The van der Waals surface area contributed by atoms with Crippen molar-refractivity contribution in [2.45, 2.75) is 13.0 Å². The molecule has 0 saturated carbocycles. The Kier molecular flexibility index (Phi) is 3.22. The van der Waals surface area contributed by atoms with E-state index in [1.165, 1.54) is 0 Å². The van der Waals surface area contributed by atoms with Crippen LogP contribution in [0.3, 0.4) is 0 Å². The molecular weight excluding hydrogens is 204 g/mol. The summed E-state index contributed by atoms with van der Waals surface area (Å²) in [4.78, 5) is 0. The molecule has 4 nitrogen and oxygen atoms in total. The number of rotatable bonds is 4. The van der Waals surface area contributed by atoms with Crippen LogP contribution < -0.4 is 10.5 Å². The first kappa shape index (κ1) is 10.7. The van der Waals surface area contributed by atoms with Crippen molar-refractivity contribution in [3.05, 3.63) is 47.3 Å². The molecule has 0 spiro atoms. The molecule has 0 atom stereocenters. The molecule has 4 heteroatoms. The van der Waals surface area contributed by atoms with Gasteiger partial charge >= 0.3 is 0 Å². The summed E-state index contributed by atoms with van der Waals surface area (Å²) in [5.41, 5.74) is 7.64. The highest BCUT2D eigenvalue weighted by atomic mass is 16.5. The molecule has 0 aliphatic carbocycles. The van der Waals surface area contributed by atoms with Gasteiger partial charge in [-0.05, 0) is 17.7 Å². The number of aromatic nitrogens is 1. The Hall–Kier alpha value is -1.81. The predicted octanol–water partition coefficient (Wildman–Crippen LogP) is 1.73. The molecule has 84 valence electrons. The third-order valence-electron chi connectivity index (χ3n) is 2.45. The average molecular weight is 218 g/mol. The Morgan fingerprint density at radius 2 is 2.31 bits per heavy atom. The number of hydrogen-bond donors (Lipinski definition) is 1. The first-order valence-corrected chi connectivity index (χ1v) is 5.09. The lowest BCUT2D eigenvalue weighted by molar-refractivity contribution is 0.387. The van der Waals surface area contributed by atoms with Crippen LogP contribution in [0.2, 0.25) is 0 Å². The third-order valence-corrected chi connectivity index (χ3v) is 2.45. The van der Waals surface area contributed by atoms with Crippen molar-refractivity contribution in [1.29, 1.82) is 0 Å². The zero-order valence-electron chi connectivity index (χ0n) is 9.14. The van der Waals surface area contributed by atoms with Crippen molar-refractivity contribution in [2.75, 3.05) is 7.11 Å². The molecule has 2 N–H and O–H groups in total. The van der Waals surface area contributed by atoms with Gasteiger partial charge in [0.15, 0.2) is 0 Å². The maximum atomic E-state index is 5.58. The summed E-state index contributed by atoms with van der Waals surface area (Å²) in [6.45, 7) is 0.447. The van der Waals surface area contributed by atoms with Gasteiger partial charge < -0.3 is 15.0 Å². The van der Waals surface area contributed by atoms with Crippen LogP contribution in [-0.2, 0) is 13.0 Å². The molecule has 2 rings (SSSR count). The van der Waals surface area contributed by atoms with E-state index in [9.17, 15) is 0 Å². The van der Waals surface area contributed by atoms with E-state index in [2.05, 4.69) is 5.16 Å². The van der Waals surface area contributed by atoms with Gasteiger partial charge in [0.25, 0.3) is 0 Å². The number of hydrogen-bond acceptors (Lipinski definition) is 4. The largest absolute Gasteiger partial charge is 0.497 e. The second-order valence-corrected chi connectivity index (χ2v) is 3.51. The van der Waals surface area contributed by atoms with Gasteiger partial charge in [-0.1, -0.05) is 17.3 Å². The van der Waals surface area contributed by atoms with Gasteiger partial charge in [-0.3, -0.25) is 0 Å². The number of ether oxygens (including phenoxy) is 1. The van der Waals surface area contributed by atoms with E-state index in [-0.39, 0.29) is 0 Å². The molecular formula is C12H14N2O2. The van der Waals surface area contributed by atoms with E-state index in [1.807, 2.05) is 24.3 Å². The molecule has 16 heavy (non-hydrogen) atoms. The second kappa shape index (κ2) is 4.81. The summed E-state index contributed by atoms with van der Waals surface area (Å²) in [5.74, 6) is 1.65. The van der Waals surface area contributed by atoms with Gasteiger partial charge in [0.05, 0.1) is 13.3 Å². The quantitative estimate of drug-likeness (QED) is 0.849. The van der Waals surface area contributed by atoms with Crippen LogP contribution in [0.1, 0.15) is 16.9 Å². The van der Waals surface area contributed by atoms with Gasteiger partial charge in [0.1, 0.15) is 11.5 Å². The van der Waals surface area contributed by atoms with Gasteiger partial charge in [-0.2, -0.15) is 0 Å². The van der Waals surface area contributed by atoms with Gasteiger partial charge in [-0.25, -0.2) is 0 Å². The Labute approximate surface area is 94.0 Å². The summed E-state index contributed by atoms with van der Waals surface area (Å²) in [7, 11) is 1.65. The van der Waals surface area contributed by atoms with Crippen LogP contribution >= 0.6 is 0 Å².